The van der Waals surface area contributed by atoms with Crippen molar-refractivity contribution in [2.24, 2.45) is 7.05 Å². The summed E-state index contributed by atoms with van der Waals surface area (Å²) >= 11 is -2.21. The Kier molecular flexibility index (Phi) is 2.86. The molecule has 0 aliphatic rings. The molecular formula is C10H11N2O2S-. The normalized spacial score (nSPS) is 13.2. The summed E-state index contributed by atoms with van der Waals surface area (Å²) in [6.07, 6.45) is 1.94. The van der Waals surface area contributed by atoms with Crippen molar-refractivity contribution in [3.63, 3.8) is 0 Å². The van der Waals surface area contributed by atoms with E-state index in [1.807, 2.05) is 42.1 Å². The molecule has 1 aromatic heterocycles. The van der Waals surface area contributed by atoms with Crippen LogP contribution in [0.5, 0.6) is 0 Å². The van der Waals surface area contributed by atoms with Crippen LogP contribution >= 0.6 is 0 Å². The average molecular weight is 223 g/mol. The third-order valence-corrected chi connectivity index (χ3v) is 2.74. The van der Waals surface area contributed by atoms with Crippen molar-refractivity contribution in [2.75, 3.05) is 0 Å². The van der Waals surface area contributed by atoms with E-state index in [1.165, 1.54) is 0 Å². The number of aryl methyl sites for hydroxylation is 1. The van der Waals surface area contributed by atoms with Gasteiger partial charge in [0.05, 0.1) is 0 Å². The van der Waals surface area contributed by atoms with E-state index in [2.05, 4.69) is 4.72 Å². The SMILES string of the molecule is Cn1cc(CNS(=O)[O-])c2ccccc21. The second kappa shape index (κ2) is 4.14. The van der Waals surface area contributed by atoms with Gasteiger partial charge in [-0.05, 0) is 11.6 Å². The number of nitrogens with one attached hydrogen (secondary N) is 1. The molecule has 0 fully saturated rings. The number of hydrogen-bond donors (Lipinski definition) is 1. The van der Waals surface area contributed by atoms with Gasteiger partial charge in [-0.25, -0.2) is 4.72 Å². The van der Waals surface area contributed by atoms with Crippen LogP contribution in [0.1, 0.15) is 5.56 Å². The molecule has 0 spiro atoms. The van der Waals surface area contributed by atoms with E-state index in [1.54, 1.807) is 0 Å². The molecule has 80 valence electrons. The molecule has 5 heteroatoms. The fraction of sp³-hybridized carbons (Fsp3) is 0.200. The molecule has 1 unspecified atom stereocenters. The van der Waals surface area contributed by atoms with Crippen molar-refractivity contribution >= 4 is 22.2 Å². The Balaban J connectivity index is 2.39. The van der Waals surface area contributed by atoms with Crippen LogP contribution in [0, 0.1) is 0 Å². The highest BCUT2D eigenvalue weighted by Crippen LogP contribution is 2.19. The summed E-state index contributed by atoms with van der Waals surface area (Å²) in [5, 5.41) is 1.08. The van der Waals surface area contributed by atoms with Gasteiger partial charge in [-0.3, -0.25) is 4.21 Å². The van der Waals surface area contributed by atoms with Gasteiger partial charge in [0.25, 0.3) is 0 Å². The lowest BCUT2D eigenvalue weighted by molar-refractivity contribution is 0.522. The molecular weight excluding hydrogens is 212 g/mol. The smallest absolute Gasteiger partial charge is 0.0481 e. The lowest BCUT2D eigenvalue weighted by Gasteiger charge is -2.05. The minimum Gasteiger partial charge on any atom is -0.760 e. The highest BCUT2D eigenvalue weighted by atomic mass is 32.2. The first-order valence-corrected chi connectivity index (χ1v) is 5.61. The molecule has 15 heavy (non-hydrogen) atoms. The molecule has 4 nitrogen and oxygen atoms in total. The van der Waals surface area contributed by atoms with Gasteiger partial charge in [-0.1, -0.05) is 18.2 Å². The fourth-order valence-electron chi connectivity index (χ4n) is 1.70. The van der Waals surface area contributed by atoms with Gasteiger partial charge in [0, 0.05) is 42.0 Å². The minimum absolute atomic E-state index is 0.331. The molecule has 0 amide bonds. The number of aromatic nitrogens is 1. The van der Waals surface area contributed by atoms with Crippen molar-refractivity contribution in [3.8, 4) is 0 Å². The Morgan fingerprint density at radius 2 is 2.20 bits per heavy atom. The predicted octanol–water partition coefficient (Wildman–Crippen LogP) is 1.06. The van der Waals surface area contributed by atoms with Crippen LogP contribution in [0.2, 0.25) is 0 Å². The largest absolute Gasteiger partial charge is 0.760 e. The number of hydrogen-bond acceptors (Lipinski definition) is 2. The fourth-order valence-corrected chi connectivity index (χ4v) is 1.98. The Bertz CT molecular complexity index is 507. The van der Waals surface area contributed by atoms with Crippen molar-refractivity contribution in [1.82, 2.24) is 9.29 Å². The number of benzene rings is 1. The van der Waals surface area contributed by atoms with Crippen molar-refractivity contribution in [2.45, 2.75) is 6.54 Å². The van der Waals surface area contributed by atoms with Crippen molar-refractivity contribution < 1.29 is 8.76 Å². The maximum absolute atomic E-state index is 10.4. The molecule has 0 aliphatic heterocycles. The van der Waals surface area contributed by atoms with Crippen LogP contribution in [0.25, 0.3) is 10.9 Å². The minimum atomic E-state index is -2.21. The summed E-state index contributed by atoms with van der Waals surface area (Å²) in [6.45, 7) is 0.331. The Morgan fingerprint density at radius 1 is 1.47 bits per heavy atom. The maximum Gasteiger partial charge on any atom is 0.0481 e. The first-order chi connectivity index (χ1) is 7.18. The van der Waals surface area contributed by atoms with E-state index < -0.39 is 11.3 Å². The Hall–Kier alpha value is -1.17. The van der Waals surface area contributed by atoms with E-state index in [-0.39, 0.29) is 0 Å². The zero-order valence-electron chi connectivity index (χ0n) is 8.27. The molecule has 1 atom stereocenters. The maximum atomic E-state index is 10.4. The third-order valence-electron chi connectivity index (χ3n) is 2.36. The molecule has 0 aliphatic carbocycles. The monoisotopic (exact) mass is 223 g/mol. The Labute approximate surface area is 90.3 Å². The quantitative estimate of drug-likeness (QED) is 0.791. The van der Waals surface area contributed by atoms with Crippen LogP contribution in [0.15, 0.2) is 30.5 Å². The van der Waals surface area contributed by atoms with E-state index in [0.29, 0.717) is 6.54 Å². The van der Waals surface area contributed by atoms with Gasteiger partial charge in [0.2, 0.25) is 0 Å². The predicted molar refractivity (Wildman–Crippen MR) is 58.7 cm³/mol. The number of para-hydroxylation sites is 1. The molecule has 0 radical (unpaired) electrons. The molecule has 0 saturated heterocycles. The van der Waals surface area contributed by atoms with Gasteiger partial charge >= 0.3 is 0 Å². The van der Waals surface area contributed by atoms with Crippen molar-refractivity contribution in [1.29, 1.82) is 0 Å². The first-order valence-electron chi connectivity index (χ1n) is 4.54. The van der Waals surface area contributed by atoms with Crippen LogP contribution in [0.3, 0.4) is 0 Å². The highest BCUT2D eigenvalue weighted by Gasteiger charge is 2.04. The lowest BCUT2D eigenvalue weighted by atomic mass is 10.2. The number of nitrogens with zero attached hydrogens (tertiary/aromatic N) is 1. The number of rotatable bonds is 3. The van der Waals surface area contributed by atoms with Gasteiger partial charge < -0.3 is 9.12 Å². The summed E-state index contributed by atoms with van der Waals surface area (Å²) in [5.74, 6) is 0. The zero-order chi connectivity index (χ0) is 10.8. The Morgan fingerprint density at radius 3 is 2.93 bits per heavy atom. The summed E-state index contributed by atoms with van der Waals surface area (Å²) in [6, 6.07) is 7.90. The highest BCUT2D eigenvalue weighted by molar-refractivity contribution is 7.77. The lowest BCUT2D eigenvalue weighted by Crippen LogP contribution is -2.15. The third kappa shape index (κ3) is 2.09. The summed E-state index contributed by atoms with van der Waals surface area (Å²) in [5.41, 5.74) is 2.09. The van der Waals surface area contributed by atoms with Gasteiger partial charge in [0.15, 0.2) is 0 Å². The van der Waals surface area contributed by atoms with Gasteiger partial charge in [-0.2, -0.15) is 0 Å². The van der Waals surface area contributed by atoms with E-state index in [4.69, 9.17) is 0 Å². The molecule has 2 aromatic rings. The van der Waals surface area contributed by atoms with Gasteiger partial charge in [0.1, 0.15) is 0 Å². The van der Waals surface area contributed by atoms with Crippen LogP contribution in [0.4, 0.5) is 0 Å². The molecule has 2 rings (SSSR count). The summed E-state index contributed by atoms with van der Waals surface area (Å²) < 4.78 is 25.2. The second-order valence-corrected chi connectivity index (χ2v) is 4.10. The van der Waals surface area contributed by atoms with Crippen LogP contribution < -0.4 is 4.72 Å². The summed E-state index contributed by atoms with van der Waals surface area (Å²) in [4.78, 5) is 0. The molecule has 1 heterocycles. The van der Waals surface area contributed by atoms with E-state index in [9.17, 15) is 8.76 Å². The van der Waals surface area contributed by atoms with Crippen molar-refractivity contribution in [3.05, 3.63) is 36.0 Å². The zero-order valence-corrected chi connectivity index (χ0v) is 9.08. The van der Waals surface area contributed by atoms with Gasteiger partial charge in [-0.15, -0.1) is 0 Å². The summed E-state index contributed by atoms with van der Waals surface area (Å²) in [7, 11) is 1.94. The first kappa shape index (κ1) is 10.4. The van der Waals surface area contributed by atoms with E-state index in [0.717, 1.165) is 16.5 Å². The second-order valence-electron chi connectivity index (χ2n) is 3.34. The molecule has 1 N–H and O–H groups in total. The average Bonchev–Trinajstić information content (AvgIpc) is 2.54. The molecule has 0 saturated carbocycles. The molecule has 0 bridgehead atoms. The number of fused-ring (bicyclic) bond motifs is 1. The molecule has 1 aromatic carbocycles. The topological polar surface area (TPSA) is 57.1 Å². The van der Waals surface area contributed by atoms with E-state index >= 15 is 0 Å². The standard InChI is InChI=1S/C10H12N2O2S/c1-12-7-8(6-11-15(13)14)9-4-2-3-5-10(9)12/h2-5,7,11H,6H2,1H3,(H,13,14)/p-1. The van der Waals surface area contributed by atoms with Crippen LogP contribution in [-0.4, -0.2) is 13.3 Å². The van der Waals surface area contributed by atoms with Crippen LogP contribution in [-0.2, 0) is 24.9 Å².